The van der Waals surface area contributed by atoms with Crippen LogP contribution in [0.25, 0.3) is 0 Å². The van der Waals surface area contributed by atoms with Gasteiger partial charge in [0, 0.05) is 18.4 Å². The smallest absolute Gasteiger partial charge is 0.0710 e. The van der Waals surface area contributed by atoms with E-state index in [0.717, 1.165) is 5.92 Å². The zero-order chi connectivity index (χ0) is 13.1. The van der Waals surface area contributed by atoms with Crippen LogP contribution < -0.4 is 0 Å². The summed E-state index contributed by atoms with van der Waals surface area (Å²) >= 11 is 3.65. The van der Waals surface area contributed by atoms with Crippen LogP contribution >= 0.6 is 15.9 Å². The van der Waals surface area contributed by atoms with Crippen molar-refractivity contribution in [3.63, 3.8) is 0 Å². The van der Waals surface area contributed by atoms with Crippen LogP contribution in [0.1, 0.15) is 57.8 Å². The third-order valence-corrected chi connectivity index (χ3v) is 6.30. The zero-order valence-corrected chi connectivity index (χ0v) is 13.7. The molecule has 3 aliphatic rings. The van der Waals surface area contributed by atoms with Gasteiger partial charge >= 0.3 is 0 Å². The molecule has 1 aliphatic carbocycles. The first-order chi connectivity index (χ1) is 9.30. The second-order valence-electron chi connectivity index (χ2n) is 6.94. The second-order valence-corrected chi connectivity index (χ2v) is 7.59. The van der Waals surface area contributed by atoms with E-state index in [1.165, 1.54) is 82.8 Å². The minimum absolute atomic E-state index is 0.299. The molecule has 1 spiro atoms. The molecule has 0 amide bonds. The fourth-order valence-corrected chi connectivity index (χ4v) is 4.85. The van der Waals surface area contributed by atoms with Gasteiger partial charge in [-0.2, -0.15) is 0 Å². The van der Waals surface area contributed by atoms with Crippen LogP contribution in [-0.2, 0) is 4.74 Å². The quantitative estimate of drug-likeness (QED) is 0.726. The summed E-state index contributed by atoms with van der Waals surface area (Å²) in [5.41, 5.74) is 0.299. The van der Waals surface area contributed by atoms with Gasteiger partial charge in [-0.05, 0) is 51.0 Å². The molecule has 110 valence electrons. The largest absolute Gasteiger partial charge is 0.370 e. The molecule has 2 atom stereocenters. The third kappa shape index (κ3) is 3.54. The Hall–Kier alpha value is 0.400. The van der Waals surface area contributed by atoms with Crippen LogP contribution in [0, 0.1) is 5.92 Å². The summed E-state index contributed by atoms with van der Waals surface area (Å²) in [6.07, 6.45) is 12.8. The molecule has 0 aromatic carbocycles. The summed E-state index contributed by atoms with van der Waals surface area (Å²) in [5, 5.41) is 1.17. The number of rotatable bonds is 3. The van der Waals surface area contributed by atoms with Crippen molar-refractivity contribution >= 4 is 15.9 Å². The number of ether oxygens (including phenoxy) is 1. The summed E-state index contributed by atoms with van der Waals surface area (Å²) in [6, 6.07) is 0. The highest BCUT2D eigenvalue weighted by atomic mass is 79.9. The molecule has 2 nitrogen and oxygen atoms in total. The van der Waals surface area contributed by atoms with Crippen LogP contribution in [0.3, 0.4) is 0 Å². The van der Waals surface area contributed by atoms with Crippen LogP contribution in [0.4, 0.5) is 0 Å². The topological polar surface area (TPSA) is 12.5 Å². The lowest BCUT2D eigenvalue weighted by molar-refractivity contribution is -0.0738. The minimum atomic E-state index is 0.299. The number of likely N-dealkylation sites (tertiary alicyclic amines) is 1. The Morgan fingerprint density at radius 2 is 1.89 bits per heavy atom. The normalized spacial score (nSPS) is 35.8. The number of hydrogen-bond acceptors (Lipinski definition) is 2. The van der Waals surface area contributed by atoms with E-state index in [1.54, 1.807) is 0 Å². The standard InChI is InChI=1S/C16H28BrNO/c17-11-14-5-4-10-18(12-14)13-15-6-9-16(19-15)7-2-1-3-8-16/h14-15H,1-13H2. The number of piperidine rings is 1. The molecule has 0 radical (unpaired) electrons. The van der Waals surface area contributed by atoms with Crippen LogP contribution in [0.15, 0.2) is 0 Å². The van der Waals surface area contributed by atoms with E-state index in [1.807, 2.05) is 0 Å². The molecule has 2 heterocycles. The van der Waals surface area contributed by atoms with Crippen LogP contribution in [0.5, 0.6) is 0 Å². The highest BCUT2D eigenvalue weighted by Gasteiger charge is 2.41. The van der Waals surface area contributed by atoms with Crippen molar-refractivity contribution in [2.75, 3.05) is 25.0 Å². The Labute approximate surface area is 126 Å². The lowest BCUT2D eigenvalue weighted by Gasteiger charge is -2.36. The van der Waals surface area contributed by atoms with Crippen LogP contribution in [0.2, 0.25) is 0 Å². The first kappa shape index (κ1) is 14.3. The Morgan fingerprint density at radius 1 is 1.05 bits per heavy atom. The number of halogens is 1. The zero-order valence-electron chi connectivity index (χ0n) is 12.1. The lowest BCUT2D eigenvalue weighted by Crippen LogP contribution is -2.41. The lowest BCUT2D eigenvalue weighted by atomic mass is 9.83. The van der Waals surface area contributed by atoms with Gasteiger partial charge in [-0.3, -0.25) is 0 Å². The molecule has 2 unspecified atom stereocenters. The van der Waals surface area contributed by atoms with Gasteiger partial charge in [-0.25, -0.2) is 0 Å². The molecule has 0 aromatic heterocycles. The Balaban J connectivity index is 1.48. The van der Waals surface area contributed by atoms with Gasteiger partial charge < -0.3 is 9.64 Å². The summed E-state index contributed by atoms with van der Waals surface area (Å²) in [7, 11) is 0. The van der Waals surface area contributed by atoms with E-state index in [4.69, 9.17) is 4.74 Å². The minimum Gasteiger partial charge on any atom is -0.370 e. The van der Waals surface area contributed by atoms with Crippen molar-refractivity contribution in [1.82, 2.24) is 4.90 Å². The van der Waals surface area contributed by atoms with Gasteiger partial charge in [0.15, 0.2) is 0 Å². The maximum atomic E-state index is 6.51. The van der Waals surface area contributed by atoms with E-state index in [0.29, 0.717) is 11.7 Å². The van der Waals surface area contributed by atoms with Crippen molar-refractivity contribution < 1.29 is 4.74 Å². The molecule has 2 saturated heterocycles. The monoisotopic (exact) mass is 329 g/mol. The summed E-state index contributed by atoms with van der Waals surface area (Å²) in [4.78, 5) is 2.65. The van der Waals surface area contributed by atoms with Crippen LogP contribution in [-0.4, -0.2) is 41.6 Å². The molecule has 0 bridgehead atoms. The first-order valence-electron chi connectivity index (χ1n) is 8.26. The van der Waals surface area contributed by atoms with Crippen molar-refractivity contribution in [2.24, 2.45) is 5.92 Å². The molecule has 3 rings (SSSR count). The van der Waals surface area contributed by atoms with Gasteiger partial charge in [-0.1, -0.05) is 35.2 Å². The highest BCUT2D eigenvalue weighted by molar-refractivity contribution is 9.09. The van der Waals surface area contributed by atoms with Crippen molar-refractivity contribution in [1.29, 1.82) is 0 Å². The van der Waals surface area contributed by atoms with E-state index in [-0.39, 0.29) is 0 Å². The molecule has 1 saturated carbocycles. The summed E-state index contributed by atoms with van der Waals surface area (Å²) < 4.78 is 6.51. The van der Waals surface area contributed by atoms with E-state index < -0.39 is 0 Å². The fourth-order valence-electron chi connectivity index (χ4n) is 4.32. The van der Waals surface area contributed by atoms with Gasteiger partial charge in [0.2, 0.25) is 0 Å². The molecule has 0 aromatic rings. The van der Waals surface area contributed by atoms with E-state index in [2.05, 4.69) is 20.8 Å². The van der Waals surface area contributed by atoms with E-state index in [9.17, 15) is 0 Å². The Morgan fingerprint density at radius 3 is 2.68 bits per heavy atom. The van der Waals surface area contributed by atoms with Gasteiger partial charge in [0.25, 0.3) is 0 Å². The summed E-state index contributed by atoms with van der Waals surface area (Å²) in [6.45, 7) is 3.75. The second kappa shape index (κ2) is 6.44. The average Bonchev–Trinajstić information content (AvgIpc) is 2.82. The van der Waals surface area contributed by atoms with Crippen molar-refractivity contribution in [2.45, 2.75) is 69.5 Å². The molecule has 0 N–H and O–H groups in total. The highest BCUT2D eigenvalue weighted by Crippen LogP contribution is 2.42. The van der Waals surface area contributed by atoms with Gasteiger partial charge in [-0.15, -0.1) is 0 Å². The fraction of sp³-hybridized carbons (Fsp3) is 1.00. The van der Waals surface area contributed by atoms with E-state index >= 15 is 0 Å². The summed E-state index contributed by atoms with van der Waals surface area (Å²) in [5.74, 6) is 0.860. The Bertz CT molecular complexity index is 290. The third-order valence-electron chi connectivity index (χ3n) is 5.39. The number of alkyl halides is 1. The predicted molar refractivity (Wildman–Crippen MR) is 82.9 cm³/mol. The molecule has 2 aliphatic heterocycles. The SMILES string of the molecule is BrCC1CCCN(CC2CCC3(CCCCC3)O2)C1. The molecule has 19 heavy (non-hydrogen) atoms. The van der Waals surface area contributed by atoms with Crippen molar-refractivity contribution in [3.8, 4) is 0 Å². The predicted octanol–water partition coefficient (Wildman–Crippen LogP) is 3.98. The Kier molecular flexibility index (Phi) is 4.86. The average molecular weight is 330 g/mol. The maximum absolute atomic E-state index is 6.51. The van der Waals surface area contributed by atoms with Gasteiger partial charge in [0.05, 0.1) is 11.7 Å². The first-order valence-corrected chi connectivity index (χ1v) is 9.38. The maximum Gasteiger partial charge on any atom is 0.0710 e. The molecule has 3 fully saturated rings. The van der Waals surface area contributed by atoms with Gasteiger partial charge in [0.1, 0.15) is 0 Å². The number of nitrogens with zero attached hydrogens (tertiary/aromatic N) is 1. The van der Waals surface area contributed by atoms with Crippen molar-refractivity contribution in [3.05, 3.63) is 0 Å². The molecule has 3 heteroatoms. The molecular weight excluding hydrogens is 302 g/mol. The number of hydrogen-bond donors (Lipinski definition) is 0. The molecular formula is C16H28BrNO.